The number of aromatic nitrogens is 5. The van der Waals surface area contributed by atoms with Crippen LogP contribution in [0.5, 0.6) is 0 Å². The van der Waals surface area contributed by atoms with Crippen LogP contribution in [-0.2, 0) is 7.05 Å². The van der Waals surface area contributed by atoms with Gasteiger partial charge in [-0.15, -0.1) is 0 Å². The van der Waals surface area contributed by atoms with Crippen molar-refractivity contribution in [3.05, 3.63) is 12.4 Å². The minimum Gasteiger partial charge on any atom is -0.341 e. The quantitative estimate of drug-likeness (QED) is 0.537. The fourth-order valence-electron chi connectivity index (χ4n) is 2.16. The Hall–Kier alpha value is -2.42. The van der Waals surface area contributed by atoms with E-state index in [-0.39, 0.29) is 0 Å². The topological polar surface area (TPSA) is 110 Å². The van der Waals surface area contributed by atoms with E-state index >= 15 is 0 Å². The summed E-state index contributed by atoms with van der Waals surface area (Å²) in [5.41, 5.74) is 3.29. The van der Waals surface area contributed by atoms with Gasteiger partial charge in [0, 0.05) is 26.3 Å². The van der Waals surface area contributed by atoms with Gasteiger partial charge in [0.1, 0.15) is 0 Å². The van der Waals surface area contributed by atoms with Gasteiger partial charge in [0.15, 0.2) is 0 Å². The SMILES string of the molecule is Cn1cc(Nc2nc(NN)nc(N3CCCC3)n2)cn1. The van der Waals surface area contributed by atoms with Gasteiger partial charge in [0.2, 0.25) is 17.8 Å². The summed E-state index contributed by atoms with van der Waals surface area (Å²) in [6.45, 7) is 1.92. The van der Waals surface area contributed by atoms with Gasteiger partial charge in [0.05, 0.1) is 11.9 Å². The molecule has 0 bridgehead atoms. The zero-order chi connectivity index (χ0) is 13.9. The van der Waals surface area contributed by atoms with Crippen molar-refractivity contribution in [3.63, 3.8) is 0 Å². The van der Waals surface area contributed by atoms with Gasteiger partial charge in [-0.1, -0.05) is 0 Å². The maximum Gasteiger partial charge on any atom is 0.243 e. The van der Waals surface area contributed by atoms with Gasteiger partial charge in [0.25, 0.3) is 0 Å². The van der Waals surface area contributed by atoms with Crippen LogP contribution in [0, 0.1) is 0 Å². The van der Waals surface area contributed by atoms with E-state index in [4.69, 9.17) is 5.84 Å². The van der Waals surface area contributed by atoms with Crippen molar-refractivity contribution < 1.29 is 0 Å². The molecule has 0 spiro atoms. The molecule has 0 saturated carbocycles. The van der Waals surface area contributed by atoms with Crippen LogP contribution < -0.4 is 21.5 Å². The lowest BCUT2D eigenvalue weighted by atomic mass is 10.4. The molecule has 1 saturated heterocycles. The number of hydrogen-bond acceptors (Lipinski definition) is 8. The highest BCUT2D eigenvalue weighted by atomic mass is 15.4. The van der Waals surface area contributed by atoms with Crippen LogP contribution in [0.1, 0.15) is 12.8 Å². The summed E-state index contributed by atoms with van der Waals surface area (Å²) in [7, 11) is 1.85. The molecule has 106 valence electrons. The summed E-state index contributed by atoms with van der Waals surface area (Å²) in [6.07, 6.45) is 5.86. The number of rotatable bonds is 4. The van der Waals surface area contributed by atoms with Crippen molar-refractivity contribution in [1.29, 1.82) is 0 Å². The standard InChI is InChI=1S/C11H17N9/c1-19-7-8(6-13-19)14-9-15-10(18-12)17-11(16-9)20-4-2-3-5-20/h6-7H,2-5,12H2,1H3,(H2,14,15,16,17,18). The van der Waals surface area contributed by atoms with E-state index in [2.05, 4.69) is 35.7 Å². The number of anilines is 4. The molecule has 0 amide bonds. The maximum atomic E-state index is 5.42. The predicted molar refractivity (Wildman–Crippen MR) is 75.6 cm³/mol. The normalized spacial score (nSPS) is 14.6. The molecule has 0 atom stereocenters. The molecule has 1 aliphatic heterocycles. The second-order valence-electron chi connectivity index (χ2n) is 4.65. The lowest BCUT2D eigenvalue weighted by Crippen LogP contribution is -2.23. The smallest absolute Gasteiger partial charge is 0.243 e. The molecule has 3 rings (SSSR count). The summed E-state index contributed by atoms with van der Waals surface area (Å²) in [5.74, 6) is 6.84. The lowest BCUT2D eigenvalue weighted by Gasteiger charge is -2.16. The first-order valence-corrected chi connectivity index (χ1v) is 6.48. The molecule has 20 heavy (non-hydrogen) atoms. The molecule has 4 N–H and O–H groups in total. The molecule has 9 nitrogen and oxygen atoms in total. The van der Waals surface area contributed by atoms with Crippen molar-refractivity contribution in [2.75, 3.05) is 28.7 Å². The minimum atomic E-state index is 0.341. The van der Waals surface area contributed by atoms with E-state index in [0.29, 0.717) is 17.8 Å². The Bertz CT molecular complexity index is 587. The molecule has 2 aromatic rings. The van der Waals surface area contributed by atoms with Gasteiger partial charge in [-0.3, -0.25) is 10.1 Å². The van der Waals surface area contributed by atoms with Crippen molar-refractivity contribution in [2.45, 2.75) is 12.8 Å². The molecular formula is C11H17N9. The van der Waals surface area contributed by atoms with E-state index in [1.54, 1.807) is 10.9 Å². The average Bonchev–Trinajstić information content (AvgIpc) is 3.10. The van der Waals surface area contributed by atoms with Gasteiger partial charge >= 0.3 is 0 Å². The summed E-state index contributed by atoms with van der Waals surface area (Å²) in [5, 5.41) is 7.18. The van der Waals surface area contributed by atoms with Gasteiger partial charge in [-0.05, 0) is 12.8 Å². The van der Waals surface area contributed by atoms with E-state index in [1.807, 2.05) is 13.2 Å². The maximum absolute atomic E-state index is 5.42. The van der Waals surface area contributed by atoms with Crippen LogP contribution in [-0.4, -0.2) is 37.8 Å². The third kappa shape index (κ3) is 2.62. The Morgan fingerprint density at radius 3 is 2.55 bits per heavy atom. The van der Waals surface area contributed by atoms with Crippen molar-refractivity contribution in [3.8, 4) is 0 Å². The van der Waals surface area contributed by atoms with Crippen LogP contribution >= 0.6 is 0 Å². The Labute approximate surface area is 116 Å². The number of aryl methyl sites for hydroxylation is 1. The number of nitrogens with zero attached hydrogens (tertiary/aromatic N) is 6. The predicted octanol–water partition coefficient (Wildman–Crippen LogP) is 0.234. The second-order valence-corrected chi connectivity index (χ2v) is 4.65. The molecule has 0 radical (unpaired) electrons. The van der Waals surface area contributed by atoms with Gasteiger partial charge in [-0.2, -0.15) is 20.1 Å². The van der Waals surface area contributed by atoms with Gasteiger partial charge < -0.3 is 10.2 Å². The fraction of sp³-hybridized carbons (Fsp3) is 0.455. The molecule has 0 aromatic carbocycles. The third-order valence-electron chi connectivity index (χ3n) is 3.10. The highest BCUT2D eigenvalue weighted by Crippen LogP contribution is 2.20. The summed E-state index contributed by atoms with van der Waals surface area (Å²) < 4.78 is 1.70. The molecule has 0 aliphatic carbocycles. The number of nitrogen functional groups attached to an aromatic ring is 1. The van der Waals surface area contributed by atoms with Crippen molar-refractivity contribution in [1.82, 2.24) is 24.7 Å². The molecule has 3 heterocycles. The molecule has 0 unspecified atom stereocenters. The van der Waals surface area contributed by atoms with E-state index in [0.717, 1.165) is 31.6 Å². The Kier molecular flexibility index (Phi) is 3.33. The minimum absolute atomic E-state index is 0.341. The van der Waals surface area contributed by atoms with Crippen LogP contribution in [0.2, 0.25) is 0 Å². The zero-order valence-corrected chi connectivity index (χ0v) is 11.2. The number of nitrogens with one attached hydrogen (secondary N) is 2. The van der Waals surface area contributed by atoms with E-state index in [9.17, 15) is 0 Å². The van der Waals surface area contributed by atoms with Crippen LogP contribution in [0.4, 0.5) is 23.5 Å². The monoisotopic (exact) mass is 275 g/mol. The highest BCUT2D eigenvalue weighted by molar-refractivity contribution is 5.54. The third-order valence-corrected chi connectivity index (χ3v) is 3.10. The summed E-state index contributed by atoms with van der Waals surface area (Å²) in [6, 6.07) is 0. The Morgan fingerprint density at radius 2 is 1.90 bits per heavy atom. The average molecular weight is 275 g/mol. The van der Waals surface area contributed by atoms with E-state index in [1.165, 1.54) is 0 Å². The molecular weight excluding hydrogens is 258 g/mol. The number of hydrazine groups is 1. The summed E-state index contributed by atoms with van der Waals surface area (Å²) >= 11 is 0. The fourth-order valence-corrected chi connectivity index (χ4v) is 2.16. The largest absolute Gasteiger partial charge is 0.341 e. The number of nitrogens with two attached hydrogens (primary N) is 1. The molecule has 9 heteroatoms. The first-order chi connectivity index (χ1) is 9.74. The zero-order valence-electron chi connectivity index (χ0n) is 11.2. The van der Waals surface area contributed by atoms with Crippen LogP contribution in [0.15, 0.2) is 12.4 Å². The lowest BCUT2D eigenvalue weighted by molar-refractivity contribution is 0.768. The van der Waals surface area contributed by atoms with Crippen molar-refractivity contribution in [2.24, 2.45) is 12.9 Å². The molecule has 1 aliphatic rings. The van der Waals surface area contributed by atoms with E-state index < -0.39 is 0 Å². The summed E-state index contributed by atoms with van der Waals surface area (Å²) in [4.78, 5) is 15.0. The van der Waals surface area contributed by atoms with Crippen molar-refractivity contribution >= 4 is 23.5 Å². The first-order valence-electron chi connectivity index (χ1n) is 6.48. The molecule has 1 fully saturated rings. The Morgan fingerprint density at radius 1 is 1.15 bits per heavy atom. The highest BCUT2D eigenvalue weighted by Gasteiger charge is 2.17. The van der Waals surface area contributed by atoms with Crippen LogP contribution in [0.3, 0.4) is 0 Å². The molecule has 2 aromatic heterocycles. The van der Waals surface area contributed by atoms with Crippen LogP contribution in [0.25, 0.3) is 0 Å². The Balaban J connectivity index is 1.87. The first kappa shape index (κ1) is 12.6. The number of hydrogen-bond donors (Lipinski definition) is 3. The van der Waals surface area contributed by atoms with Gasteiger partial charge in [-0.25, -0.2) is 5.84 Å². The second kappa shape index (κ2) is 5.29.